The molecular weight excluding hydrogens is 288 g/mol. The van der Waals surface area contributed by atoms with Crippen molar-refractivity contribution in [3.63, 3.8) is 0 Å². The van der Waals surface area contributed by atoms with Gasteiger partial charge in [-0.3, -0.25) is 4.57 Å². The fourth-order valence-electron chi connectivity index (χ4n) is 2.61. The first kappa shape index (κ1) is 14.1. The summed E-state index contributed by atoms with van der Waals surface area (Å²) >= 11 is 1.64. The van der Waals surface area contributed by atoms with Crippen LogP contribution in [0.1, 0.15) is 46.6 Å². The van der Waals surface area contributed by atoms with Gasteiger partial charge in [0.2, 0.25) is 0 Å². The van der Waals surface area contributed by atoms with Gasteiger partial charge in [0.1, 0.15) is 11.6 Å². The number of nitrogen functional groups attached to an aromatic ring is 1. The van der Waals surface area contributed by atoms with Crippen molar-refractivity contribution in [2.75, 3.05) is 12.8 Å². The molecule has 1 aliphatic rings. The minimum absolute atomic E-state index is 0.169. The van der Waals surface area contributed by atoms with E-state index < -0.39 is 5.97 Å². The molecule has 0 saturated carbocycles. The molecular formula is C14H18N4O2S. The molecule has 0 fully saturated rings. The van der Waals surface area contributed by atoms with Crippen LogP contribution in [0.3, 0.4) is 0 Å². The van der Waals surface area contributed by atoms with Crippen LogP contribution in [-0.2, 0) is 24.0 Å². The number of carbonyl (C=O) groups is 1. The molecule has 2 heterocycles. The number of nitrogens with two attached hydrogens (primary N) is 1. The average molecular weight is 306 g/mol. The van der Waals surface area contributed by atoms with Gasteiger partial charge in [0, 0.05) is 11.3 Å². The van der Waals surface area contributed by atoms with E-state index in [-0.39, 0.29) is 5.69 Å². The lowest BCUT2D eigenvalue weighted by atomic mass is 10.0. The molecule has 0 saturated heterocycles. The molecule has 0 spiro atoms. The molecule has 0 aromatic carbocycles. The van der Waals surface area contributed by atoms with E-state index in [2.05, 4.69) is 4.98 Å². The molecule has 2 N–H and O–H groups in total. The number of carbonyl (C=O) groups excluding carboxylic acids is 1. The highest BCUT2D eigenvalue weighted by atomic mass is 32.1. The maximum Gasteiger partial charge on any atom is 0.360 e. The molecule has 2 aromatic rings. The van der Waals surface area contributed by atoms with Crippen LogP contribution in [0.25, 0.3) is 5.13 Å². The van der Waals surface area contributed by atoms with Crippen LogP contribution in [0.15, 0.2) is 0 Å². The van der Waals surface area contributed by atoms with E-state index in [1.807, 2.05) is 6.92 Å². The summed E-state index contributed by atoms with van der Waals surface area (Å²) in [6.07, 6.45) is 5.16. The molecule has 3 rings (SSSR count). The lowest BCUT2D eigenvalue weighted by Gasteiger charge is -2.06. The third kappa shape index (κ3) is 2.31. The summed E-state index contributed by atoms with van der Waals surface area (Å²) in [5.41, 5.74) is 7.44. The van der Waals surface area contributed by atoms with Crippen molar-refractivity contribution < 1.29 is 9.53 Å². The Bertz CT molecular complexity index is 666. The van der Waals surface area contributed by atoms with Gasteiger partial charge in [-0.1, -0.05) is 6.92 Å². The Kier molecular flexibility index (Phi) is 3.67. The largest absolute Gasteiger partial charge is 0.464 e. The number of thiazole rings is 1. The predicted octanol–water partition coefficient (Wildman–Crippen LogP) is 2.14. The number of rotatable bonds is 3. The second kappa shape index (κ2) is 5.48. The number of anilines is 1. The van der Waals surface area contributed by atoms with Crippen LogP contribution in [0.4, 0.5) is 5.82 Å². The summed E-state index contributed by atoms with van der Waals surface area (Å²) in [5, 5.41) is 0.805. The number of hydrogen-bond acceptors (Lipinski definition) is 6. The molecule has 2 aromatic heterocycles. The van der Waals surface area contributed by atoms with E-state index >= 15 is 0 Å². The molecule has 7 heteroatoms. The molecule has 0 amide bonds. The molecule has 6 nitrogen and oxygen atoms in total. The van der Waals surface area contributed by atoms with Crippen molar-refractivity contribution in [3.05, 3.63) is 22.1 Å². The summed E-state index contributed by atoms with van der Waals surface area (Å²) < 4.78 is 6.52. The number of aromatic nitrogens is 3. The predicted molar refractivity (Wildman–Crippen MR) is 81.0 cm³/mol. The zero-order chi connectivity index (χ0) is 15.0. The van der Waals surface area contributed by atoms with Crippen molar-refractivity contribution in [3.8, 4) is 5.13 Å². The van der Waals surface area contributed by atoms with Crippen molar-refractivity contribution in [1.82, 2.24) is 14.5 Å². The topological polar surface area (TPSA) is 83.0 Å². The fraction of sp³-hybridized carbons (Fsp3) is 0.500. The van der Waals surface area contributed by atoms with E-state index in [9.17, 15) is 4.79 Å². The fourth-order valence-corrected chi connectivity index (χ4v) is 3.80. The lowest BCUT2D eigenvalue weighted by molar-refractivity contribution is 0.0596. The molecule has 21 heavy (non-hydrogen) atoms. The van der Waals surface area contributed by atoms with Gasteiger partial charge in [0.05, 0.1) is 12.8 Å². The van der Waals surface area contributed by atoms with Crippen molar-refractivity contribution in [2.24, 2.45) is 0 Å². The highest BCUT2D eigenvalue weighted by Crippen LogP contribution is 2.31. The van der Waals surface area contributed by atoms with Gasteiger partial charge >= 0.3 is 5.97 Å². The van der Waals surface area contributed by atoms with Crippen LogP contribution in [-0.4, -0.2) is 27.6 Å². The molecule has 0 atom stereocenters. The quantitative estimate of drug-likeness (QED) is 0.878. The van der Waals surface area contributed by atoms with E-state index in [1.54, 1.807) is 15.9 Å². The summed E-state index contributed by atoms with van der Waals surface area (Å²) in [6.45, 7) is 1.98. The average Bonchev–Trinajstić information content (AvgIpc) is 3.06. The Labute approximate surface area is 127 Å². The Hall–Kier alpha value is -1.89. The number of ether oxygens (including phenoxy) is 1. The molecule has 0 aliphatic heterocycles. The Balaban J connectivity index is 2.10. The van der Waals surface area contributed by atoms with E-state index in [1.165, 1.54) is 24.8 Å². The van der Waals surface area contributed by atoms with Crippen LogP contribution >= 0.6 is 11.3 Å². The second-order valence-corrected chi connectivity index (χ2v) is 6.08. The Morgan fingerprint density at radius 3 is 2.81 bits per heavy atom. The number of imidazole rings is 1. The highest BCUT2D eigenvalue weighted by Gasteiger charge is 2.24. The third-order valence-electron chi connectivity index (χ3n) is 3.70. The number of nitrogens with zero attached hydrogens (tertiary/aromatic N) is 3. The standard InChI is InChI=1S/C14H18N4O2S/c1-3-10-17-11(13(19)20-2)12(15)18(10)14-16-8-6-4-5-7-9(8)21-14/h3-7,15H2,1-2H3. The van der Waals surface area contributed by atoms with Crippen molar-refractivity contribution >= 4 is 23.1 Å². The van der Waals surface area contributed by atoms with Crippen LogP contribution in [0.5, 0.6) is 0 Å². The monoisotopic (exact) mass is 306 g/mol. The summed E-state index contributed by atoms with van der Waals surface area (Å²) in [6, 6.07) is 0. The molecule has 0 unspecified atom stereocenters. The third-order valence-corrected chi connectivity index (χ3v) is 4.85. The smallest absolute Gasteiger partial charge is 0.360 e. The maximum absolute atomic E-state index is 11.7. The first-order valence-corrected chi connectivity index (χ1v) is 7.91. The van der Waals surface area contributed by atoms with Gasteiger partial charge in [0.25, 0.3) is 0 Å². The Morgan fingerprint density at radius 1 is 1.38 bits per heavy atom. The number of fused-ring (bicyclic) bond motifs is 1. The van der Waals surface area contributed by atoms with E-state index in [0.29, 0.717) is 12.2 Å². The van der Waals surface area contributed by atoms with Crippen molar-refractivity contribution in [2.45, 2.75) is 39.0 Å². The first-order chi connectivity index (χ1) is 10.2. The summed E-state index contributed by atoms with van der Waals surface area (Å²) in [4.78, 5) is 22.1. The number of esters is 1. The lowest BCUT2D eigenvalue weighted by Crippen LogP contribution is -2.08. The highest BCUT2D eigenvalue weighted by molar-refractivity contribution is 7.14. The number of hydrogen-bond donors (Lipinski definition) is 1. The molecule has 1 aliphatic carbocycles. The number of aryl methyl sites for hydroxylation is 3. The van der Waals surface area contributed by atoms with Gasteiger partial charge in [-0.05, 0) is 25.7 Å². The van der Waals surface area contributed by atoms with Crippen molar-refractivity contribution in [1.29, 1.82) is 0 Å². The zero-order valence-electron chi connectivity index (χ0n) is 12.2. The van der Waals surface area contributed by atoms with Gasteiger partial charge in [-0.2, -0.15) is 0 Å². The SMILES string of the molecule is CCc1nc(C(=O)OC)c(N)n1-c1nc2c(s1)CCCC2. The number of methoxy groups -OCH3 is 1. The van der Waals surface area contributed by atoms with Crippen LogP contribution < -0.4 is 5.73 Å². The normalized spacial score (nSPS) is 14.0. The first-order valence-electron chi connectivity index (χ1n) is 7.10. The molecule has 0 radical (unpaired) electrons. The summed E-state index contributed by atoms with van der Waals surface area (Å²) in [5.74, 6) is 0.533. The van der Waals surface area contributed by atoms with E-state index in [0.717, 1.165) is 29.5 Å². The van der Waals surface area contributed by atoms with Crippen LogP contribution in [0.2, 0.25) is 0 Å². The van der Waals surface area contributed by atoms with Gasteiger partial charge < -0.3 is 10.5 Å². The minimum atomic E-state index is -0.512. The second-order valence-electron chi connectivity index (χ2n) is 5.02. The Morgan fingerprint density at radius 2 is 2.14 bits per heavy atom. The zero-order valence-corrected chi connectivity index (χ0v) is 13.0. The molecule has 0 bridgehead atoms. The summed E-state index contributed by atoms with van der Waals surface area (Å²) in [7, 11) is 1.33. The van der Waals surface area contributed by atoms with E-state index in [4.69, 9.17) is 15.5 Å². The van der Waals surface area contributed by atoms with Gasteiger partial charge in [-0.25, -0.2) is 14.8 Å². The van der Waals surface area contributed by atoms with Crippen LogP contribution in [0, 0.1) is 0 Å². The maximum atomic E-state index is 11.7. The van der Waals surface area contributed by atoms with Gasteiger partial charge in [-0.15, -0.1) is 11.3 Å². The van der Waals surface area contributed by atoms with Gasteiger partial charge in [0.15, 0.2) is 10.8 Å². The molecule has 112 valence electrons. The minimum Gasteiger partial charge on any atom is -0.464 e.